The van der Waals surface area contributed by atoms with E-state index in [1.807, 2.05) is 6.92 Å². The minimum absolute atomic E-state index is 0.0690. The second kappa shape index (κ2) is 6.71. The number of carbonyl (C=O) groups is 1. The molecule has 0 heterocycles. The van der Waals surface area contributed by atoms with Gasteiger partial charge >= 0.3 is 0 Å². The molecule has 0 aromatic heterocycles. The van der Waals surface area contributed by atoms with Crippen LogP contribution < -0.4 is 10.6 Å². The fraction of sp³-hybridized carbons (Fsp3) is 0.933. The third-order valence-electron chi connectivity index (χ3n) is 4.84. The summed E-state index contributed by atoms with van der Waals surface area (Å²) in [5.41, 5.74) is 0. The monoisotopic (exact) mass is 268 g/mol. The Morgan fingerprint density at radius 1 is 1.32 bits per heavy atom. The maximum Gasteiger partial charge on any atom is 0.234 e. The fourth-order valence-electron chi connectivity index (χ4n) is 3.93. The molecule has 19 heavy (non-hydrogen) atoms. The molecule has 2 aliphatic rings. The van der Waals surface area contributed by atoms with Gasteiger partial charge in [-0.3, -0.25) is 4.79 Å². The highest BCUT2D eigenvalue weighted by molar-refractivity contribution is 5.78. The van der Waals surface area contributed by atoms with Crippen molar-refractivity contribution < 1.29 is 9.53 Å². The van der Waals surface area contributed by atoms with Crippen LogP contribution in [0.25, 0.3) is 0 Å². The molecule has 2 aliphatic carbocycles. The summed E-state index contributed by atoms with van der Waals surface area (Å²) in [7, 11) is 1.65. The van der Waals surface area contributed by atoms with Crippen LogP contribution in [0.5, 0.6) is 0 Å². The van der Waals surface area contributed by atoms with E-state index >= 15 is 0 Å². The lowest BCUT2D eigenvalue weighted by atomic mass is 9.84. The molecule has 2 fully saturated rings. The Bertz CT molecular complexity index is 309. The van der Waals surface area contributed by atoms with Crippen molar-refractivity contribution in [3.63, 3.8) is 0 Å². The molecule has 0 aliphatic heterocycles. The van der Waals surface area contributed by atoms with Gasteiger partial charge in [0, 0.05) is 19.2 Å². The van der Waals surface area contributed by atoms with Crippen LogP contribution >= 0.6 is 0 Å². The zero-order valence-electron chi connectivity index (χ0n) is 12.4. The molecule has 110 valence electrons. The zero-order chi connectivity index (χ0) is 13.8. The molecular weight excluding hydrogens is 240 g/mol. The van der Waals surface area contributed by atoms with Gasteiger partial charge in [-0.25, -0.2) is 0 Å². The summed E-state index contributed by atoms with van der Waals surface area (Å²) in [4.78, 5) is 11.8. The lowest BCUT2D eigenvalue weighted by Gasteiger charge is -2.28. The summed E-state index contributed by atoms with van der Waals surface area (Å²) in [6.45, 7) is 5.18. The van der Waals surface area contributed by atoms with Crippen LogP contribution in [-0.2, 0) is 9.53 Å². The van der Waals surface area contributed by atoms with Crippen molar-refractivity contribution >= 4 is 5.91 Å². The molecule has 0 radical (unpaired) electrons. The first-order valence-corrected chi connectivity index (χ1v) is 7.61. The van der Waals surface area contributed by atoms with E-state index in [1.165, 1.54) is 25.7 Å². The number of hydrogen-bond donors (Lipinski definition) is 2. The zero-order valence-corrected chi connectivity index (χ0v) is 12.4. The van der Waals surface area contributed by atoms with Crippen molar-refractivity contribution in [2.75, 3.05) is 20.3 Å². The summed E-state index contributed by atoms with van der Waals surface area (Å²) in [6, 6.07) is 0.538. The Hall–Kier alpha value is -0.610. The molecule has 5 atom stereocenters. The maximum absolute atomic E-state index is 11.8. The minimum Gasteiger partial charge on any atom is -0.383 e. The smallest absolute Gasteiger partial charge is 0.234 e. The maximum atomic E-state index is 11.8. The van der Waals surface area contributed by atoms with Crippen LogP contribution in [0, 0.1) is 17.8 Å². The first-order valence-electron chi connectivity index (χ1n) is 7.61. The number of hydrogen-bond acceptors (Lipinski definition) is 3. The van der Waals surface area contributed by atoms with Gasteiger partial charge in [-0.2, -0.15) is 0 Å². The first-order chi connectivity index (χ1) is 9.10. The van der Waals surface area contributed by atoms with Crippen LogP contribution in [0.4, 0.5) is 0 Å². The van der Waals surface area contributed by atoms with Gasteiger partial charge in [-0.05, 0) is 50.9 Å². The van der Waals surface area contributed by atoms with E-state index in [4.69, 9.17) is 4.74 Å². The Balaban J connectivity index is 1.66. The fourth-order valence-corrected chi connectivity index (χ4v) is 3.93. The molecule has 2 saturated carbocycles. The largest absolute Gasteiger partial charge is 0.383 e. The highest BCUT2D eigenvalue weighted by Crippen LogP contribution is 2.49. The van der Waals surface area contributed by atoms with Gasteiger partial charge < -0.3 is 15.4 Å². The first kappa shape index (κ1) is 14.8. The Morgan fingerprint density at radius 3 is 2.68 bits per heavy atom. The number of rotatable bonds is 7. The van der Waals surface area contributed by atoms with E-state index in [0.29, 0.717) is 19.2 Å². The van der Waals surface area contributed by atoms with Gasteiger partial charge in [0.05, 0.1) is 13.2 Å². The van der Waals surface area contributed by atoms with Crippen molar-refractivity contribution in [3.05, 3.63) is 0 Å². The average Bonchev–Trinajstić information content (AvgIpc) is 2.98. The van der Waals surface area contributed by atoms with E-state index < -0.39 is 0 Å². The van der Waals surface area contributed by atoms with Crippen molar-refractivity contribution in [1.29, 1.82) is 0 Å². The molecule has 4 nitrogen and oxygen atoms in total. The molecule has 0 aromatic carbocycles. The standard InChI is InChI=1S/C15H28N2O2/c1-10(9-19-3)17-15(18)8-16-11(2)14-7-12-4-5-13(14)6-12/h10-14,16H,4-9H2,1-3H3,(H,17,18). The molecule has 0 saturated heterocycles. The molecule has 4 heteroatoms. The summed E-state index contributed by atoms with van der Waals surface area (Å²) in [5, 5.41) is 6.34. The van der Waals surface area contributed by atoms with E-state index in [-0.39, 0.29) is 11.9 Å². The Morgan fingerprint density at radius 2 is 2.11 bits per heavy atom. The van der Waals surface area contributed by atoms with Gasteiger partial charge in [-0.15, -0.1) is 0 Å². The predicted molar refractivity (Wildman–Crippen MR) is 75.9 cm³/mol. The van der Waals surface area contributed by atoms with Gasteiger partial charge in [0.2, 0.25) is 5.91 Å². The molecule has 1 amide bonds. The van der Waals surface area contributed by atoms with Crippen LogP contribution in [0.3, 0.4) is 0 Å². The SMILES string of the molecule is COCC(C)NC(=O)CNC(C)C1CC2CCC1C2. The van der Waals surface area contributed by atoms with Crippen molar-refractivity contribution in [2.24, 2.45) is 17.8 Å². The third-order valence-corrected chi connectivity index (χ3v) is 4.84. The third kappa shape index (κ3) is 3.93. The Labute approximate surface area is 116 Å². The summed E-state index contributed by atoms with van der Waals surface area (Å²) >= 11 is 0. The van der Waals surface area contributed by atoms with Gasteiger partial charge in [-0.1, -0.05) is 6.42 Å². The lowest BCUT2D eigenvalue weighted by Crippen LogP contribution is -2.45. The summed E-state index contributed by atoms with van der Waals surface area (Å²) < 4.78 is 5.01. The Kier molecular flexibility index (Phi) is 5.22. The highest BCUT2D eigenvalue weighted by Gasteiger charge is 2.41. The number of fused-ring (bicyclic) bond motifs is 2. The normalized spacial score (nSPS) is 32.3. The molecule has 2 N–H and O–H groups in total. The van der Waals surface area contributed by atoms with E-state index in [2.05, 4.69) is 17.6 Å². The molecule has 5 unspecified atom stereocenters. The number of carbonyl (C=O) groups excluding carboxylic acids is 1. The van der Waals surface area contributed by atoms with Crippen LogP contribution in [0.2, 0.25) is 0 Å². The lowest BCUT2D eigenvalue weighted by molar-refractivity contribution is -0.121. The summed E-state index contributed by atoms with van der Waals surface area (Å²) in [5.74, 6) is 2.72. The van der Waals surface area contributed by atoms with E-state index in [1.54, 1.807) is 7.11 Å². The second-order valence-corrected chi connectivity index (χ2v) is 6.43. The second-order valence-electron chi connectivity index (χ2n) is 6.43. The predicted octanol–water partition coefficient (Wildman–Crippen LogP) is 1.55. The molecule has 2 bridgehead atoms. The average molecular weight is 268 g/mol. The van der Waals surface area contributed by atoms with Crippen LogP contribution in [-0.4, -0.2) is 38.3 Å². The number of amides is 1. The van der Waals surface area contributed by atoms with Crippen LogP contribution in [0.1, 0.15) is 39.5 Å². The molecular formula is C15H28N2O2. The van der Waals surface area contributed by atoms with E-state index in [0.717, 1.165) is 17.8 Å². The van der Waals surface area contributed by atoms with Gasteiger partial charge in [0.25, 0.3) is 0 Å². The van der Waals surface area contributed by atoms with Gasteiger partial charge in [0.1, 0.15) is 0 Å². The number of ether oxygens (including phenoxy) is 1. The topological polar surface area (TPSA) is 50.4 Å². The summed E-state index contributed by atoms with van der Waals surface area (Å²) in [6.07, 6.45) is 5.62. The number of nitrogens with one attached hydrogen (secondary N) is 2. The molecule has 0 spiro atoms. The van der Waals surface area contributed by atoms with Crippen molar-refractivity contribution in [1.82, 2.24) is 10.6 Å². The number of methoxy groups -OCH3 is 1. The van der Waals surface area contributed by atoms with E-state index in [9.17, 15) is 4.79 Å². The highest BCUT2D eigenvalue weighted by atomic mass is 16.5. The van der Waals surface area contributed by atoms with Crippen molar-refractivity contribution in [3.8, 4) is 0 Å². The molecule has 0 aromatic rings. The minimum atomic E-state index is 0.0690. The van der Waals surface area contributed by atoms with Crippen molar-refractivity contribution in [2.45, 2.75) is 51.6 Å². The quantitative estimate of drug-likeness (QED) is 0.736. The van der Waals surface area contributed by atoms with Gasteiger partial charge in [0.15, 0.2) is 0 Å². The van der Waals surface area contributed by atoms with Crippen LogP contribution in [0.15, 0.2) is 0 Å². The molecule has 2 rings (SSSR count).